The molecule has 0 spiro atoms. The molecule has 2 unspecified atom stereocenters. The van der Waals surface area contributed by atoms with E-state index in [1.165, 1.54) is 17.5 Å². The zero-order valence-electron chi connectivity index (χ0n) is 10.4. The fourth-order valence-electron chi connectivity index (χ4n) is 3.39. The standard InChI is InChI=1S/C15H21NO/c1-11-6-7-16-14(8-11)15(17)9-12-4-2-3-5-13(12)10-15/h2-5,11,14,16-17H,6-10H2,1H3. The van der Waals surface area contributed by atoms with E-state index in [-0.39, 0.29) is 6.04 Å². The highest BCUT2D eigenvalue weighted by Gasteiger charge is 2.43. The summed E-state index contributed by atoms with van der Waals surface area (Å²) in [6, 6.07) is 8.71. The Hall–Kier alpha value is -0.860. The van der Waals surface area contributed by atoms with Gasteiger partial charge in [-0.3, -0.25) is 0 Å². The minimum Gasteiger partial charge on any atom is -0.388 e. The molecule has 0 radical (unpaired) electrons. The summed E-state index contributed by atoms with van der Waals surface area (Å²) >= 11 is 0. The molecule has 2 atom stereocenters. The topological polar surface area (TPSA) is 32.3 Å². The number of hydrogen-bond donors (Lipinski definition) is 2. The first-order valence-corrected chi connectivity index (χ1v) is 6.70. The fraction of sp³-hybridized carbons (Fsp3) is 0.600. The molecule has 1 heterocycles. The van der Waals surface area contributed by atoms with Crippen LogP contribution < -0.4 is 5.32 Å². The summed E-state index contributed by atoms with van der Waals surface area (Å²) in [6.45, 7) is 3.34. The van der Waals surface area contributed by atoms with Crippen LogP contribution in [0.1, 0.15) is 30.9 Å². The lowest BCUT2D eigenvalue weighted by Crippen LogP contribution is -2.54. The maximum absolute atomic E-state index is 10.9. The van der Waals surface area contributed by atoms with Gasteiger partial charge in [0.15, 0.2) is 0 Å². The molecule has 0 aromatic heterocycles. The third-order valence-corrected chi connectivity index (χ3v) is 4.43. The highest BCUT2D eigenvalue weighted by atomic mass is 16.3. The summed E-state index contributed by atoms with van der Waals surface area (Å²) in [5, 5.41) is 14.4. The van der Waals surface area contributed by atoms with Crippen molar-refractivity contribution in [2.24, 2.45) is 5.92 Å². The number of nitrogens with one attached hydrogen (secondary N) is 1. The Morgan fingerprint density at radius 3 is 2.47 bits per heavy atom. The Labute approximate surface area is 103 Å². The molecule has 2 aliphatic rings. The Bertz CT molecular complexity index is 390. The average Bonchev–Trinajstić information content (AvgIpc) is 2.66. The van der Waals surface area contributed by atoms with Gasteiger partial charge < -0.3 is 10.4 Å². The second-order valence-corrected chi connectivity index (χ2v) is 5.86. The minimum absolute atomic E-state index is 0.263. The zero-order valence-corrected chi connectivity index (χ0v) is 10.4. The molecule has 1 aromatic carbocycles. The van der Waals surface area contributed by atoms with Crippen molar-refractivity contribution in [3.05, 3.63) is 35.4 Å². The van der Waals surface area contributed by atoms with E-state index in [4.69, 9.17) is 0 Å². The first-order chi connectivity index (χ1) is 8.17. The number of aliphatic hydroxyl groups is 1. The first-order valence-electron chi connectivity index (χ1n) is 6.70. The predicted molar refractivity (Wildman–Crippen MR) is 69.0 cm³/mol. The van der Waals surface area contributed by atoms with Gasteiger partial charge in [-0.05, 0) is 36.4 Å². The Kier molecular flexibility index (Phi) is 2.72. The molecule has 1 aliphatic heterocycles. The third-order valence-electron chi connectivity index (χ3n) is 4.43. The first kappa shape index (κ1) is 11.2. The average molecular weight is 231 g/mol. The molecular formula is C15H21NO. The Morgan fingerprint density at radius 2 is 1.88 bits per heavy atom. The van der Waals surface area contributed by atoms with Crippen LogP contribution in [0.2, 0.25) is 0 Å². The molecule has 1 aromatic rings. The molecule has 1 aliphatic carbocycles. The van der Waals surface area contributed by atoms with Crippen LogP contribution in [0.3, 0.4) is 0 Å². The van der Waals surface area contributed by atoms with Gasteiger partial charge in [0.1, 0.15) is 0 Å². The number of benzene rings is 1. The monoisotopic (exact) mass is 231 g/mol. The van der Waals surface area contributed by atoms with E-state index in [9.17, 15) is 5.11 Å². The van der Waals surface area contributed by atoms with E-state index < -0.39 is 5.60 Å². The number of fused-ring (bicyclic) bond motifs is 1. The van der Waals surface area contributed by atoms with Gasteiger partial charge in [0, 0.05) is 18.9 Å². The maximum atomic E-state index is 10.9. The normalized spacial score (nSPS) is 31.2. The van der Waals surface area contributed by atoms with Crippen LogP contribution in [0.25, 0.3) is 0 Å². The van der Waals surface area contributed by atoms with E-state index in [0.29, 0.717) is 0 Å². The van der Waals surface area contributed by atoms with Crippen LogP contribution in [0.5, 0.6) is 0 Å². The van der Waals surface area contributed by atoms with Crippen LogP contribution in [0.4, 0.5) is 0 Å². The molecule has 1 fully saturated rings. The lowest BCUT2D eigenvalue weighted by molar-refractivity contribution is -0.00438. The highest BCUT2D eigenvalue weighted by Crippen LogP contribution is 2.35. The minimum atomic E-state index is -0.557. The summed E-state index contributed by atoms with van der Waals surface area (Å²) in [5.41, 5.74) is 2.10. The summed E-state index contributed by atoms with van der Waals surface area (Å²) < 4.78 is 0. The van der Waals surface area contributed by atoms with Gasteiger partial charge in [-0.15, -0.1) is 0 Å². The molecule has 2 nitrogen and oxygen atoms in total. The summed E-state index contributed by atoms with van der Waals surface area (Å²) in [5.74, 6) is 0.731. The van der Waals surface area contributed by atoms with Gasteiger partial charge in [0.2, 0.25) is 0 Å². The second-order valence-electron chi connectivity index (χ2n) is 5.86. The lowest BCUT2D eigenvalue weighted by Gasteiger charge is -2.38. The molecule has 92 valence electrons. The van der Waals surface area contributed by atoms with E-state index in [2.05, 4.69) is 36.5 Å². The van der Waals surface area contributed by atoms with Crippen LogP contribution in [-0.2, 0) is 12.8 Å². The number of rotatable bonds is 1. The van der Waals surface area contributed by atoms with Crippen LogP contribution >= 0.6 is 0 Å². The van der Waals surface area contributed by atoms with E-state index in [1.54, 1.807) is 0 Å². The van der Waals surface area contributed by atoms with Crippen molar-refractivity contribution in [3.63, 3.8) is 0 Å². The maximum Gasteiger partial charge on any atom is 0.0880 e. The Balaban J connectivity index is 1.80. The van der Waals surface area contributed by atoms with Crippen molar-refractivity contribution in [1.82, 2.24) is 5.32 Å². The fourth-order valence-corrected chi connectivity index (χ4v) is 3.39. The Morgan fingerprint density at radius 1 is 1.24 bits per heavy atom. The largest absolute Gasteiger partial charge is 0.388 e. The molecule has 2 heteroatoms. The van der Waals surface area contributed by atoms with Gasteiger partial charge in [-0.2, -0.15) is 0 Å². The molecule has 1 saturated heterocycles. The summed E-state index contributed by atoms with van der Waals surface area (Å²) in [6.07, 6.45) is 3.96. The highest BCUT2D eigenvalue weighted by molar-refractivity contribution is 5.36. The van der Waals surface area contributed by atoms with Crippen molar-refractivity contribution < 1.29 is 5.11 Å². The molecule has 0 amide bonds. The molecule has 0 bridgehead atoms. The van der Waals surface area contributed by atoms with Gasteiger partial charge in [0.25, 0.3) is 0 Å². The second kappa shape index (κ2) is 4.11. The lowest BCUT2D eigenvalue weighted by atomic mass is 9.82. The van der Waals surface area contributed by atoms with Crippen molar-refractivity contribution in [2.45, 2.75) is 44.2 Å². The van der Waals surface area contributed by atoms with Crippen molar-refractivity contribution in [3.8, 4) is 0 Å². The molecule has 3 rings (SSSR count). The van der Waals surface area contributed by atoms with Gasteiger partial charge in [-0.25, -0.2) is 0 Å². The van der Waals surface area contributed by atoms with Crippen LogP contribution in [0, 0.1) is 5.92 Å². The quantitative estimate of drug-likeness (QED) is 0.774. The number of hydrogen-bond acceptors (Lipinski definition) is 2. The molecule has 17 heavy (non-hydrogen) atoms. The van der Waals surface area contributed by atoms with Gasteiger partial charge in [-0.1, -0.05) is 31.2 Å². The van der Waals surface area contributed by atoms with E-state index >= 15 is 0 Å². The van der Waals surface area contributed by atoms with Gasteiger partial charge >= 0.3 is 0 Å². The smallest absolute Gasteiger partial charge is 0.0880 e. The zero-order chi connectivity index (χ0) is 11.9. The predicted octanol–water partition coefficient (Wildman–Crippen LogP) is 1.90. The molecule has 2 N–H and O–H groups in total. The molecular weight excluding hydrogens is 210 g/mol. The SMILES string of the molecule is CC1CCNC(C2(O)Cc3ccccc3C2)C1. The van der Waals surface area contributed by atoms with E-state index in [0.717, 1.165) is 31.7 Å². The summed E-state index contributed by atoms with van der Waals surface area (Å²) in [4.78, 5) is 0. The van der Waals surface area contributed by atoms with Crippen molar-refractivity contribution in [2.75, 3.05) is 6.54 Å². The van der Waals surface area contributed by atoms with Crippen molar-refractivity contribution in [1.29, 1.82) is 0 Å². The van der Waals surface area contributed by atoms with Crippen molar-refractivity contribution >= 4 is 0 Å². The van der Waals surface area contributed by atoms with Gasteiger partial charge in [0.05, 0.1) is 5.60 Å². The third kappa shape index (κ3) is 2.00. The van der Waals surface area contributed by atoms with Crippen LogP contribution in [0.15, 0.2) is 24.3 Å². The molecule has 0 saturated carbocycles. The summed E-state index contributed by atoms with van der Waals surface area (Å²) in [7, 11) is 0. The number of piperidine rings is 1. The van der Waals surface area contributed by atoms with E-state index in [1.807, 2.05) is 0 Å². The van der Waals surface area contributed by atoms with Crippen LogP contribution in [-0.4, -0.2) is 23.3 Å².